The number of anilines is 2. The van der Waals surface area contributed by atoms with Gasteiger partial charge < -0.3 is 4.74 Å². The monoisotopic (exact) mass is 284 g/mol. The lowest BCUT2D eigenvalue weighted by atomic mass is 10.3. The van der Waals surface area contributed by atoms with Crippen LogP contribution in [0.1, 0.15) is 11.4 Å². The number of aryl methyl sites for hydroxylation is 3. The van der Waals surface area contributed by atoms with Gasteiger partial charge in [-0.25, -0.2) is 0 Å². The number of aromatic nitrogens is 4. The molecule has 0 bridgehead atoms. The van der Waals surface area contributed by atoms with Crippen molar-refractivity contribution in [3.63, 3.8) is 0 Å². The Kier molecular flexibility index (Phi) is 3.21. The lowest BCUT2D eigenvalue weighted by Gasteiger charge is -2.02. The quantitative estimate of drug-likeness (QED) is 0.747. The summed E-state index contributed by atoms with van der Waals surface area (Å²) < 4.78 is 9.06. The number of hydrogen-bond acceptors (Lipinski definition) is 4. The highest BCUT2D eigenvalue weighted by Gasteiger charge is 2.20. The van der Waals surface area contributed by atoms with Crippen molar-refractivity contribution in [1.29, 1.82) is 0 Å². The molecule has 21 heavy (non-hydrogen) atoms. The van der Waals surface area contributed by atoms with Gasteiger partial charge in [0, 0.05) is 5.10 Å². The fourth-order valence-electron chi connectivity index (χ4n) is 2.40. The van der Waals surface area contributed by atoms with Gasteiger partial charge >= 0.3 is 5.95 Å². The van der Waals surface area contributed by atoms with Gasteiger partial charge in [0.2, 0.25) is 0 Å². The molecule has 6 heteroatoms. The molecule has 2 heterocycles. The lowest BCUT2D eigenvalue weighted by Crippen LogP contribution is -2.29. The molecule has 2 aromatic heterocycles. The van der Waals surface area contributed by atoms with Crippen LogP contribution in [0.15, 0.2) is 30.5 Å². The Morgan fingerprint density at radius 2 is 1.90 bits per heavy atom. The normalized spacial score (nSPS) is 10.9. The molecule has 1 N–H and O–H groups in total. The van der Waals surface area contributed by atoms with Crippen LogP contribution in [-0.4, -0.2) is 21.9 Å². The summed E-state index contributed by atoms with van der Waals surface area (Å²) in [7, 11) is 3.58. The predicted molar refractivity (Wildman–Crippen MR) is 79.9 cm³/mol. The van der Waals surface area contributed by atoms with Crippen LogP contribution in [0, 0.1) is 13.8 Å². The molecule has 3 aromatic rings. The maximum atomic E-state index is 5.17. The molecule has 0 radical (unpaired) electrons. The van der Waals surface area contributed by atoms with Crippen LogP contribution in [0.3, 0.4) is 0 Å². The third-order valence-corrected chi connectivity index (χ3v) is 3.44. The summed E-state index contributed by atoms with van der Waals surface area (Å²) in [5.41, 5.74) is 3.90. The standard InChI is InChI=1S/C15H18N5O/c1-10-9-16-11(2)14-19(3)18-15(20(10)14)17-12-5-7-13(21-4)8-6-12/h5-9H,1-4H3,(H,17,18)/q+1. The van der Waals surface area contributed by atoms with Gasteiger partial charge in [0.1, 0.15) is 11.4 Å². The second-order valence-electron chi connectivity index (χ2n) is 4.94. The van der Waals surface area contributed by atoms with Crippen molar-refractivity contribution in [3.8, 4) is 5.75 Å². The van der Waals surface area contributed by atoms with E-state index in [1.165, 1.54) is 0 Å². The summed E-state index contributed by atoms with van der Waals surface area (Å²) in [5, 5.41) is 7.88. The van der Waals surface area contributed by atoms with E-state index in [-0.39, 0.29) is 0 Å². The summed E-state index contributed by atoms with van der Waals surface area (Å²) in [6, 6.07) is 7.75. The first kappa shape index (κ1) is 13.4. The van der Waals surface area contributed by atoms with Gasteiger partial charge in [-0.2, -0.15) is 4.40 Å². The average Bonchev–Trinajstić information content (AvgIpc) is 2.81. The molecule has 0 unspecified atom stereocenters. The zero-order valence-corrected chi connectivity index (χ0v) is 12.6. The zero-order valence-electron chi connectivity index (χ0n) is 12.6. The van der Waals surface area contributed by atoms with Crippen LogP contribution in [-0.2, 0) is 7.05 Å². The number of nitrogens with zero attached hydrogens (tertiary/aromatic N) is 4. The molecular formula is C15H18N5O+. The number of methoxy groups -OCH3 is 1. The Morgan fingerprint density at radius 1 is 1.19 bits per heavy atom. The van der Waals surface area contributed by atoms with E-state index < -0.39 is 0 Å². The van der Waals surface area contributed by atoms with E-state index in [0.29, 0.717) is 0 Å². The summed E-state index contributed by atoms with van der Waals surface area (Å²) in [5.74, 6) is 1.59. The topological polar surface area (TPSA) is 56.1 Å². The number of fused-ring (bicyclic) bond motifs is 1. The third kappa shape index (κ3) is 2.29. The van der Waals surface area contributed by atoms with Gasteiger partial charge in [0.05, 0.1) is 31.7 Å². The van der Waals surface area contributed by atoms with Crippen molar-refractivity contribution in [2.45, 2.75) is 13.8 Å². The van der Waals surface area contributed by atoms with Gasteiger partial charge in [-0.3, -0.25) is 10.3 Å². The van der Waals surface area contributed by atoms with Crippen molar-refractivity contribution < 1.29 is 9.14 Å². The smallest absolute Gasteiger partial charge is 0.387 e. The van der Waals surface area contributed by atoms with Gasteiger partial charge in [-0.15, -0.1) is 4.68 Å². The molecule has 0 aliphatic rings. The third-order valence-electron chi connectivity index (χ3n) is 3.44. The van der Waals surface area contributed by atoms with Crippen LogP contribution in [0.5, 0.6) is 5.75 Å². The molecule has 108 valence electrons. The fourth-order valence-corrected chi connectivity index (χ4v) is 2.40. The van der Waals surface area contributed by atoms with Crippen LogP contribution in [0.2, 0.25) is 0 Å². The van der Waals surface area contributed by atoms with Crippen molar-refractivity contribution >= 4 is 17.3 Å². The molecule has 0 atom stereocenters. The molecule has 0 aliphatic heterocycles. The van der Waals surface area contributed by atoms with Gasteiger partial charge in [0.25, 0.3) is 5.65 Å². The van der Waals surface area contributed by atoms with Crippen LogP contribution in [0.25, 0.3) is 5.65 Å². The van der Waals surface area contributed by atoms with Crippen molar-refractivity contribution in [2.24, 2.45) is 7.05 Å². The van der Waals surface area contributed by atoms with E-state index in [1.807, 2.05) is 56.0 Å². The minimum Gasteiger partial charge on any atom is -0.497 e. The van der Waals surface area contributed by atoms with Crippen molar-refractivity contribution in [1.82, 2.24) is 14.8 Å². The number of hydrogen-bond donors (Lipinski definition) is 1. The summed E-state index contributed by atoms with van der Waals surface area (Å²) >= 11 is 0. The summed E-state index contributed by atoms with van der Waals surface area (Å²) in [6.45, 7) is 3.99. The average molecular weight is 284 g/mol. The largest absolute Gasteiger partial charge is 0.497 e. The molecule has 0 spiro atoms. The molecule has 1 aromatic carbocycles. The first-order valence-corrected chi connectivity index (χ1v) is 6.72. The first-order valence-electron chi connectivity index (χ1n) is 6.72. The highest BCUT2D eigenvalue weighted by Crippen LogP contribution is 2.18. The number of rotatable bonds is 3. The van der Waals surface area contributed by atoms with E-state index in [2.05, 4.69) is 19.8 Å². The van der Waals surface area contributed by atoms with Crippen LogP contribution >= 0.6 is 0 Å². The van der Waals surface area contributed by atoms with Gasteiger partial charge in [0.15, 0.2) is 0 Å². The highest BCUT2D eigenvalue weighted by molar-refractivity contribution is 5.54. The number of benzene rings is 1. The maximum Gasteiger partial charge on any atom is 0.387 e. The molecule has 0 saturated carbocycles. The predicted octanol–water partition coefficient (Wildman–Crippen LogP) is 1.92. The lowest BCUT2D eigenvalue weighted by molar-refractivity contribution is -0.505. The van der Waals surface area contributed by atoms with E-state index in [0.717, 1.165) is 34.4 Å². The molecule has 0 amide bonds. The number of nitrogens with one attached hydrogen (secondary N) is 1. The first-order chi connectivity index (χ1) is 10.1. The summed E-state index contributed by atoms with van der Waals surface area (Å²) in [6.07, 6.45) is 1.85. The molecule has 0 aliphatic carbocycles. The van der Waals surface area contributed by atoms with E-state index in [4.69, 9.17) is 4.74 Å². The Hall–Kier alpha value is -2.63. The number of ether oxygens (including phenoxy) is 1. The maximum absolute atomic E-state index is 5.17. The molecule has 0 fully saturated rings. The van der Waals surface area contributed by atoms with E-state index in [9.17, 15) is 0 Å². The minimum atomic E-state index is 0.765. The second kappa shape index (κ2) is 5.05. The van der Waals surface area contributed by atoms with Crippen LogP contribution in [0.4, 0.5) is 11.6 Å². The zero-order chi connectivity index (χ0) is 15.0. The molecule has 3 rings (SSSR count). The molecule has 6 nitrogen and oxygen atoms in total. The van der Waals surface area contributed by atoms with Crippen LogP contribution < -0.4 is 14.5 Å². The Labute approximate surface area is 123 Å². The SMILES string of the molecule is COc1ccc(Nc2nn(C)c3c(C)ncc(C)[n+]23)cc1. The Bertz CT molecular complexity index is 792. The second-order valence-corrected chi connectivity index (χ2v) is 4.94. The van der Waals surface area contributed by atoms with Crippen molar-refractivity contribution in [2.75, 3.05) is 12.4 Å². The minimum absolute atomic E-state index is 0.765. The fraction of sp³-hybridized carbons (Fsp3) is 0.267. The molecule has 0 saturated heterocycles. The van der Waals surface area contributed by atoms with E-state index in [1.54, 1.807) is 7.11 Å². The highest BCUT2D eigenvalue weighted by atomic mass is 16.5. The Balaban J connectivity index is 2.06. The van der Waals surface area contributed by atoms with Gasteiger partial charge in [-0.1, -0.05) is 0 Å². The van der Waals surface area contributed by atoms with Crippen molar-refractivity contribution in [3.05, 3.63) is 41.9 Å². The Morgan fingerprint density at radius 3 is 2.57 bits per heavy atom. The van der Waals surface area contributed by atoms with Gasteiger partial charge in [-0.05, 0) is 38.1 Å². The van der Waals surface area contributed by atoms with E-state index >= 15 is 0 Å². The molecular weight excluding hydrogens is 266 g/mol. The summed E-state index contributed by atoms with van der Waals surface area (Å²) in [4.78, 5) is 4.38.